The van der Waals surface area contributed by atoms with Crippen molar-refractivity contribution in [2.75, 3.05) is 11.9 Å². The van der Waals surface area contributed by atoms with E-state index in [1.165, 1.54) is 24.8 Å². The van der Waals surface area contributed by atoms with Crippen LogP contribution in [-0.4, -0.2) is 27.6 Å². The number of carboxylic acid groups (broad SMARTS) is 1. The summed E-state index contributed by atoms with van der Waals surface area (Å²) in [5, 5.41) is 13.0. The first-order valence-electron chi connectivity index (χ1n) is 9.26. The summed E-state index contributed by atoms with van der Waals surface area (Å²) in [7, 11) is 0. The van der Waals surface area contributed by atoms with Crippen LogP contribution < -0.4 is 5.32 Å². The number of hydrogen-bond donors (Lipinski definition) is 3. The molecule has 0 saturated heterocycles. The number of aromatic amines is 1. The first kappa shape index (κ1) is 18.8. The summed E-state index contributed by atoms with van der Waals surface area (Å²) in [4.78, 5) is 20.0. The molecule has 4 rings (SSSR count). The molecule has 1 saturated carbocycles. The lowest BCUT2D eigenvalue weighted by Crippen LogP contribution is -2.15. The second kappa shape index (κ2) is 7.31. The Morgan fingerprint density at radius 3 is 2.62 bits per heavy atom. The van der Waals surface area contributed by atoms with E-state index in [1.54, 1.807) is 0 Å². The van der Waals surface area contributed by atoms with Gasteiger partial charge in [-0.3, -0.25) is 0 Å². The van der Waals surface area contributed by atoms with Crippen molar-refractivity contribution in [3.63, 3.8) is 0 Å². The number of aromatic nitrogens is 2. The third kappa shape index (κ3) is 3.09. The van der Waals surface area contributed by atoms with Crippen molar-refractivity contribution in [1.82, 2.24) is 9.97 Å². The number of nitrogens with zero attached hydrogens (tertiary/aromatic N) is 1. The highest BCUT2D eigenvalue weighted by atomic mass is 35.5. The van der Waals surface area contributed by atoms with Gasteiger partial charge < -0.3 is 15.4 Å². The Balaban J connectivity index is 0.00000196. The van der Waals surface area contributed by atoms with Crippen molar-refractivity contribution < 1.29 is 9.90 Å². The molecule has 2 aromatic rings. The number of halogens is 1. The van der Waals surface area contributed by atoms with E-state index < -0.39 is 5.97 Å². The van der Waals surface area contributed by atoms with Crippen LogP contribution >= 0.6 is 12.4 Å². The van der Waals surface area contributed by atoms with Gasteiger partial charge in [-0.05, 0) is 74.6 Å². The molecule has 0 spiro atoms. The Morgan fingerprint density at radius 1 is 1.19 bits per heavy atom. The molecule has 5 nitrogen and oxygen atoms in total. The van der Waals surface area contributed by atoms with Crippen molar-refractivity contribution in [2.45, 2.75) is 58.3 Å². The van der Waals surface area contributed by atoms with Gasteiger partial charge in [-0.1, -0.05) is 6.42 Å². The van der Waals surface area contributed by atoms with E-state index in [9.17, 15) is 9.90 Å². The number of aryl methyl sites for hydroxylation is 1. The number of anilines is 1. The summed E-state index contributed by atoms with van der Waals surface area (Å²) in [6.07, 6.45) is 6.89. The molecule has 1 aliphatic heterocycles. The van der Waals surface area contributed by atoms with E-state index in [-0.39, 0.29) is 12.4 Å². The van der Waals surface area contributed by atoms with Crippen molar-refractivity contribution in [3.05, 3.63) is 34.0 Å². The van der Waals surface area contributed by atoms with Gasteiger partial charge in [-0.25, -0.2) is 9.78 Å². The van der Waals surface area contributed by atoms with Gasteiger partial charge in [0, 0.05) is 12.1 Å². The van der Waals surface area contributed by atoms with Gasteiger partial charge in [-0.15, -0.1) is 12.4 Å². The van der Waals surface area contributed by atoms with Gasteiger partial charge in [-0.2, -0.15) is 0 Å². The molecule has 0 atom stereocenters. The fraction of sp³-hybridized carbons (Fsp3) is 0.500. The monoisotopic (exact) mass is 375 g/mol. The molecular weight excluding hydrogens is 350 g/mol. The number of imidazole rings is 1. The topological polar surface area (TPSA) is 78.0 Å². The summed E-state index contributed by atoms with van der Waals surface area (Å²) < 4.78 is 0. The van der Waals surface area contributed by atoms with Crippen molar-refractivity contribution in [1.29, 1.82) is 0 Å². The smallest absolute Gasteiger partial charge is 0.335 e. The fourth-order valence-electron chi connectivity index (χ4n) is 4.08. The second-order valence-electron chi connectivity index (χ2n) is 7.36. The molecule has 0 radical (unpaired) electrons. The molecule has 2 heterocycles. The lowest BCUT2D eigenvalue weighted by atomic mass is 9.74. The Labute approximate surface area is 160 Å². The Bertz CT molecular complexity index is 817. The SMILES string of the molecule is Cc1c(C(=O)O)cc(-c2nc3c([nH]2)CCCCN3)c(C2CCC2)c1C.Cl. The third-order valence-electron chi connectivity index (χ3n) is 5.87. The molecule has 1 aromatic carbocycles. The van der Waals surface area contributed by atoms with Gasteiger partial charge >= 0.3 is 5.97 Å². The maximum atomic E-state index is 11.7. The van der Waals surface area contributed by atoms with Crippen LogP contribution in [0.1, 0.15) is 70.8 Å². The molecule has 0 unspecified atom stereocenters. The van der Waals surface area contributed by atoms with Gasteiger partial charge in [0.2, 0.25) is 0 Å². The second-order valence-corrected chi connectivity index (χ2v) is 7.36. The van der Waals surface area contributed by atoms with Gasteiger partial charge in [0.1, 0.15) is 11.6 Å². The average Bonchev–Trinajstić information content (AvgIpc) is 2.80. The lowest BCUT2D eigenvalue weighted by molar-refractivity contribution is 0.0696. The minimum atomic E-state index is -0.867. The average molecular weight is 376 g/mol. The van der Waals surface area contributed by atoms with Crippen LogP contribution in [0.5, 0.6) is 0 Å². The van der Waals surface area contributed by atoms with Crippen molar-refractivity contribution in [3.8, 4) is 11.4 Å². The molecule has 0 bridgehead atoms. The van der Waals surface area contributed by atoms with Crippen LogP contribution in [0.15, 0.2) is 6.07 Å². The van der Waals surface area contributed by atoms with Crippen LogP contribution in [0.2, 0.25) is 0 Å². The van der Waals surface area contributed by atoms with Crippen molar-refractivity contribution >= 4 is 24.2 Å². The third-order valence-corrected chi connectivity index (χ3v) is 5.87. The van der Waals surface area contributed by atoms with Gasteiger partial charge in [0.15, 0.2) is 0 Å². The zero-order valence-corrected chi connectivity index (χ0v) is 16.1. The highest BCUT2D eigenvalue weighted by molar-refractivity contribution is 5.92. The van der Waals surface area contributed by atoms with Crippen LogP contribution in [0.3, 0.4) is 0 Å². The van der Waals surface area contributed by atoms with E-state index in [0.717, 1.165) is 59.8 Å². The number of carboxylic acids is 1. The Morgan fingerprint density at radius 2 is 1.96 bits per heavy atom. The lowest BCUT2D eigenvalue weighted by Gasteiger charge is -2.30. The minimum absolute atomic E-state index is 0. The van der Waals surface area contributed by atoms with Crippen LogP contribution in [0, 0.1) is 13.8 Å². The number of fused-ring (bicyclic) bond motifs is 1. The van der Waals surface area contributed by atoms with E-state index in [4.69, 9.17) is 4.98 Å². The zero-order valence-electron chi connectivity index (χ0n) is 15.3. The van der Waals surface area contributed by atoms with E-state index in [0.29, 0.717) is 11.5 Å². The van der Waals surface area contributed by atoms with E-state index in [2.05, 4.69) is 17.2 Å². The summed E-state index contributed by atoms with van der Waals surface area (Å²) >= 11 is 0. The molecule has 2 aliphatic rings. The molecule has 1 aliphatic carbocycles. The Hall–Kier alpha value is -2.01. The molecule has 6 heteroatoms. The minimum Gasteiger partial charge on any atom is -0.478 e. The van der Waals surface area contributed by atoms with Crippen LogP contribution in [0.25, 0.3) is 11.4 Å². The number of benzene rings is 1. The first-order chi connectivity index (χ1) is 12.1. The molecule has 140 valence electrons. The number of nitrogens with one attached hydrogen (secondary N) is 2. The fourth-order valence-corrected chi connectivity index (χ4v) is 4.08. The summed E-state index contributed by atoms with van der Waals surface area (Å²) in [5.74, 6) is 1.40. The summed E-state index contributed by atoms with van der Waals surface area (Å²) in [6, 6.07) is 1.83. The van der Waals surface area contributed by atoms with Gasteiger partial charge in [0.05, 0.1) is 11.3 Å². The largest absolute Gasteiger partial charge is 0.478 e. The predicted octanol–water partition coefficient (Wildman–Crippen LogP) is 4.83. The molecular formula is C20H26ClN3O2. The van der Waals surface area contributed by atoms with E-state index >= 15 is 0 Å². The molecule has 3 N–H and O–H groups in total. The molecule has 0 amide bonds. The number of H-pyrrole nitrogens is 1. The number of aromatic carboxylic acids is 1. The number of carbonyl (C=O) groups is 1. The standard InChI is InChI=1S/C20H25N3O2.ClH/c1-11-12(2)17(13-6-5-7-13)15(10-14(11)20(24)25)18-22-16-8-3-4-9-21-19(16)23-18;/h10,13,21H,3-9H2,1-2H3,(H,22,23)(H,24,25);1H. The number of hydrogen-bond acceptors (Lipinski definition) is 3. The number of rotatable bonds is 3. The van der Waals surface area contributed by atoms with E-state index in [1.807, 2.05) is 13.0 Å². The zero-order chi connectivity index (χ0) is 17.6. The van der Waals surface area contributed by atoms with Crippen LogP contribution in [-0.2, 0) is 6.42 Å². The molecule has 26 heavy (non-hydrogen) atoms. The molecule has 1 aromatic heterocycles. The van der Waals surface area contributed by atoms with Gasteiger partial charge in [0.25, 0.3) is 0 Å². The highest BCUT2D eigenvalue weighted by Crippen LogP contribution is 2.44. The highest BCUT2D eigenvalue weighted by Gasteiger charge is 2.29. The molecule has 1 fully saturated rings. The maximum Gasteiger partial charge on any atom is 0.335 e. The normalized spacial score (nSPS) is 16.7. The summed E-state index contributed by atoms with van der Waals surface area (Å²) in [6.45, 7) is 4.93. The van der Waals surface area contributed by atoms with Crippen molar-refractivity contribution in [2.24, 2.45) is 0 Å². The summed E-state index contributed by atoms with van der Waals surface area (Å²) in [5.41, 5.74) is 5.78. The quantitative estimate of drug-likeness (QED) is 0.718. The predicted molar refractivity (Wildman–Crippen MR) is 106 cm³/mol. The Kier molecular flexibility index (Phi) is 5.28. The first-order valence-corrected chi connectivity index (χ1v) is 9.26. The maximum absolute atomic E-state index is 11.7. The van der Waals surface area contributed by atoms with Crippen LogP contribution in [0.4, 0.5) is 5.82 Å².